The number of nitriles is 1. The molecule has 1 aliphatic heterocycles. The molecule has 2 rings (SSSR count). The van der Waals surface area contributed by atoms with Gasteiger partial charge in [-0.25, -0.2) is 0 Å². The molecule has 1 unspecified atom stereocenters. The highest BCUT2D eigenvalue weighted by molar-refractivity contribution is 5.27. The molecule has 0 aromatic heterocycles. The van der Waals surface area contributed by atoms with Gasteiger partial charge in [0, 0.05) is 26.2 Å². The largest absolute Gasteiger partial charge is 0.497 e. The third-order valence-electron chi connectivity index (χ3n) is 4.12. The summed E-state index contributed by atoms with van der Waals surface area (Å²) >= 11 is 0. The first kappa shape index (κ1) is 14.8. The fourth-order valence-corrected chi connectivity index (χ4v) is 2.62. The van der Waals surface area contributed by atoms with Crippen molar-refractivity contribution >= 4 is 0 Å². The number of hydrogen-bond acceptors (Lipinski definition) is 4. The van der Waals surface area contributed by atoms with Gasteiger partial charge in [-0.3, -0.25) is 4.90 Å². The quantitative estimate of drug-likeness (QED) is 0.889. The minimum atomic E-state index is -0.373. The number of hydrogen-bond donors (Lipinski definition) is 1. The lowest BCUT2D eigenvalue weighted by atomic mass is 9.92. The lowest BCUT2D eigenvalue weighted by Gasteiger charge is -2.38. The van der Waals surface area contributed by atoms with Gasteiger partial charge in [-0.15, -0.1) is 0 Å². The van der Waals surface area contributed by atoms with Crippen molar-refractivity contribution in [1.82, 2.24) is 10.2 Å². The molecule has 1 fully saturated rings. The number of aryl methyl sites for hydroxylation is 1. The first-order valence-electron chi connectivity index (χ1n) is 7.18. The fourth-order valence-electron chi connectivity index (χ4n) is 2.62. The second kappa shape index (κ2) is 6.74. The van der Waals surface area contributed by atoms with E-state index in [9.17, 15) is 5.26 Å². The van der Waals surface area contributed by atoms with E-state index in [2.05, 4.69) is 35.3 Å². The van der Waals surface area contributed by atoms with E-state index in [0.29, 0.717) is 0 Å². The number of nitrogens with zero attached hydrogens (tertiary/aromatic N) is 2. The van der Waals surface area contributed by atoms with E-state index < -0.39 is 0 Å². The van der Waals surface area contributed by atoms with Crippen molar-refractivity contribution in [3.8, 4) is 11.8 Å². The average molecular weight is 273 g/mol. The molecule has 20 heavy (non-hydrogen) atoms. The van der Waals surface area contributed by atoms with Crippen LogP contribution in [0.5, 0.6) is 5.75 Å². The second-order valence-electron chi connectivity index (χ2n) is 5.47. The summed E-state index contributed by atoms with van der Waals surface area (Å²) < 4.78 is 5.16. The van der Waals surface area contributed by atoms with Crippen LogP contribution < -0.4 is 10.1 Å². The van der Waals surface area contributed by atoms with E-state index in [4.69, 9.17) is 4.74 Å². The summed E-state index contributed by atoms with van der Waals surface area (Å²) in [4.78, 5) is 2.30. The maximum Gasteiger partial charge on any atom is 0.118 e. The van der Waals surface area contributed by atoms with E-state index in [1.165, 1.54) is 5.56 Å². The summed E-state index contributed by atoms with van der Waals surface area (Å²) in [5.74, 6) is 0.874. The molecule has 1 aromatic rings. The zero-order valence-corrected chi connectivity index (χ0v) is 12.4. The van der Waals surface area contributed by atoms with Crippen molar-refractivity contribution in [3.05, 3.63) is 29.8 Å². The molecular weight excluding hydrogens is 250 g/mol. The highest BCUT2D eigenvalue weighted by Gasteiger charge is 2.32. The number of rotatable bonds is 5. The van der Waals surface area contributed by atoms with Crippen LogP contribution in [0.1, 0.15) is 18.9 Å². The monoisotopic (exact) mass is 273 g/mol. The van der Waals surface area contributed by atoms with Crippen molar-refractivity contribution in [1.29, 1.82) is 5.26 Å². The molecule has 1 aliphatic rings. The maximum atomic E-state index is 9.57. The van der Waals surface area contributed by atoms with E-state index in [-0.39, 0.29) is 5.54 Å². The SMILES string of the molecule is COc1ccc(CCC(C)(C#N)N2CCNCC2)cc1. The fraction of sp³-hybridized carbons (Fsp3) is 0.562. The van der Waals surface area contributed by atoms with Crippen LogP contribution in [0.4, 0.5) is 0 Å². The number of methoxy groups -OCH3 is 1. The third kappa shape index (κ3) is 3.50. The van der Waals surface area contributed by atoms with Crippen molar-refractivity contribution in [3.63, 3.8) is 0 Å². The molecule has 4 heteroatoms. The summed E-state index contributed by atoms with van der Waals surface area (Å²) in [6.07, 6.45) is 1.77. The van der Waals surface area contributed by atoms with E-state index in [0.717, 1.165) is 44.8 Å². The van der Waals surface area contributed by atoms with Crippen LogP contribution in [0.15, 0.2) is 24.3 Å². The molecule has 0 bridgehead atoms. The Labute approximate surface area is 121 Å². The van der Waals surface area contributed by atoms with Gasteiger partial charge in [-0.05, 0) is 37.5 Å². The van der Waals surface area contributed by atoms with Gasteiger partial charge in [-0.2, -0.15) is 5.26 Å². The predicted molar refractivity (Wildman–Crippen MR) is 79.8 cm³/mol. The van der Waals surface area contributed by atoms with Crippen molar-refractivity contribution < 1.29 is 4.74 Å². The lowest BCUT2D eigenvalue weighted by molar-refractivity contribution is 0.125. The molecule has 0 aliphatic carbocycles. The van der Waals surface area contributed by atoms with Crippen LogP contribution in [0, 0.1) is 11.3 Å². The van der Waals surface area contributed by atoms with Crippen molar-refractivity contribution in [2.45, 2.75) is 25.3 Å². The Hall–Kier alpha value is -1.57. The summed E-state index contributed by atoms with van der Waals surface area (Å²) in [5, 5.41) is 12.9. The van der Waals surface area contributed by atoms with Crippen molar-refractivity contribution in [2.75, 3.05) is 33.3 Å². The number of benzene rings is 1. The number of nitrogens with one attached hydrogen (secondary N) is 1. The Kier molecular flexibility index (Phi) is 4.99. The van der Waals surface area contributed by atoms with Crippen LogP contribution in [0.25, 0.3) is 0 Å². The van der Waals surface area contributed by atoms with E-state index in [1.54, 1.807) is 7.11 Å². The Morgan fingerprint density at radius 2 is 1.95 bits per heavy atom. The first-order chi connectivity index (χ1) is 9.68. The van der Waals surface area contributed by atoms with Gasteiger partial charge in [-0.1, -0.05) is 12.1 Å². The molecule has 1 heterocycles. The lowest BCUT2D eigenvalue weighted by Crippen LogP contribution is -2.54. The highest BCUT2D eigenvalue weighted by atomic mass is 16.5. The summed E-state index contributed by atoms with van der Waals surface area (Å²) in [6.45, 7) is 5.90. The van der Waals surface area contributed by atoms with Crippen LogP contribution in [0.2, 0.25) is 0 Å². The second-order valence-corrected chi connectivity index (χ2v) is 5.47. The Morgan fingerprint density at radius 3 is 2.50 bits per heavy atom. The first-order valence-corrected chi connectivity index (χ1v) is 7.18. The standard InChI is InChI=1S/C16H23N3O/c1-16(13-17,19-11-9-18-10-12-19)8-7-14-3-5-15(20-2)6-4-14/h3-6,18H,7-12H2,1-2H3. The Bertz CT molecular complexity index is 460. The minimum Gasteiger partial charge on any atom is -0.497 e. The molecule has 0 radical (unpaired) electrons. The Balaban J connectivity index is 1.96. The molecule has 0 spiro atoms. The van der Waals surface area contributed by atoms with Gasteiger partial charge in [0.25, 0.3) is 0 Å². The summed E-state index contributed by atoms with van der Waals surface area (Å²) in [6, 6.07) is 10.6. The smallest absolute Gasteiger partial charge is 0.118 e. The zero-order chi connectivity index (χ0) is 14.4. The van der Waals surface area contributed by atoms with Gasteiger partial charge < -0.3 is 10.1 Å². The van der Waals surface area contributed by atoms with Crippen LogP contribution in [-0.4, -0.2) is 43.7 Å². The maximum absolute atomic E-state index is 9.57. The molecule has 1 saturated heterocycles. The normalized spacial score (nSPS) is 19.1. The zero-order valence-electron chi connectivity index (χ0n) is 12.4. The molecule has 1 atom stereocenters. The number of piperazine rings is 1. The minimum absolute atomic E-state index is 0.373. The highest BCUT2D eigenvalue weighted by Crippen LogP contribution is 2.22. The van der Waals surface area contributed by atoms with Gasteiger partial charge >= 0.3 is 0 Å². The van der Waals surface area contributed by atoms with Gasteiger partial charge in [0.2, 0.25) is 0 Å². The molecule has 108 valence electrons. The molecular formula is C16H23N3O. The van der Waals surface area contributed by atoms with E-state index >= 15 is 0 Å². The molecule has 0 amide bonds. The summed E-state index contributed by atoms with van der Waals surface area (Å²) in [5.41, 5.74) is 0.879. The predicted octanol–water partition coefficient (Wildman–Crippen LogP) is 1.82. The van der Waals surface area contributed by atoms with Crippen LogP contribution in [0.3, 0.4) is 0 Å². The van der Waals surface area contributed by atoms with Crippen LogP contribution in [-0.2, 0) is 6.42 Å². The van der Waals surface area contributed by atoms with Gasteiger partial charge in [0.05, 0.1) is 13.2 Å². The van der Waals surface area contributed by atoms with Crippen molar-refractivity contribution in [2.24, 2.45) is 0 Å². The van der Waals surface area contributed by atoms with Gasteiger partial charge in [0.1, 0.15) is 11.3 Å². The molecule has 1 aromatic carbocycles. The van der Waals surface area contributed by atoms with Crippen LogP contribution >= 0.6 is 0 Å². The van der Waals surface area contributed by atoms with Gasteiger partial charge in [0.15, 0.2) is 0 Å². The molecule has 4 nitrogen and oxygen atoms in total. The average Bonchev–Trinajstić information content (AvgIpc) is 2.54. The summed E-state index contributed by atoms with van der Waals surface area (Å²) in [7, 11) is 1.67. The molecule has 1 N–H and O–H groups in total. The number of ether oxygens (including phenoxy) is 1. The Morgan fingerprint density at radius 1 is 1.30 bits per heavy atom. The van der Waals surface area contributed by atoms with E-state index in [1.807, 2.05) is 12.1 Å². The topological polar surface area (TPSA) is 48.3 Å². The molecule has 0 saturated carbocycles. The third-order valence-corrected chi connectivity index (χ3v) is 4.12.